The van der Waals surface area contributed by atoms with Crippen LogP contribution in [-0.2, 0) is 13.5 Å². The third-order valence-corrected chi connectivity index (χ3v) is 4.43. The summed E-state index contributed by atoms with van der Waals surface area (Å²) < 4.78 is 28.1. The Hall–Kier alpha value is -2.28. The SMILES string of the molecule is Cn1nccc1CCN1CCN(C(=O)c2ccc(F)c(F)c2)CC1. The number of halogens is 2. The fourth-order valence-corrected chi connectivity index (χ4v) is 2.91. The molecule has 1 fully saturated rings. The van der Waals surface area contributed by atoms with Gasteiger partial charge in [0.1, 0.15) is 0 Å². The van der Waals surface area contributed by atoms with E-state index >= 15 is 0 Å². The highest BCUT2D eigenvalue weighted by Gasteiger charge is 2.22. The van der Waals surface area contributed by atoms with Crippen molar-refractivity contribution in [3.63, 3.8) is 0 Å². The van der Waals surface area contributed by atoms with Crippen molar-refractivity contribution in [1.29, 1.82) is 0 Å². The van der Waals surface area contributed by atoms with Crippen molar-refractivity contribution in [1.82, 2.24) is 19.6 Å². The van der Waals surface area contributed by atoms with Crippen LogP contribution in [0.25, 0.3) is 0 Å². The molecule has 24 heavy (non-hydrogen) atoms. The predicted molar refractivity (Wildman–Crippen MR) is 85.6 cm³/mol. The molecule has 1 saturated heterocycles. The average molecular weight is 334 g/mol. The van der Waals surface area contributed by atoms with Crippen LogP contribution in [0.3, 0.4) is 0 Å². The number of hydrogen-bond acceptors (Lipinski definition) is 3. The van der Waals surface area contributed by atoms with Gasteiger partial charge in [-0.05, 0) is 24.3 Å². The molecule has 1 amide bonds. The minimum absolute atomic E-state index is 0.192. The van der Waals surface area contributed by atoms with Gasteiger partial charge in [0.05, 0.1) is 0 Å². The van der Waals surface area contributed by atoms with E-state index in [1.807, 2.05) is 17.8 Å². The van der Waals surface area contributed by atoms with Gasteiger partial charge in [-0.25, -0.2) is 8.78 Å². The van der Waals surface area contributed by atoms with E-state index in [0.29, 0.717) is 13.1 Å². The second-order valence-electron chi connectivity index (χ2n) is 5.96. The van der Waals surface area contributed by atoms with Gasteiger partial charge in [-0.15, -0.1) is 0 Å². The molecule has 0 N–H and O–H groups in total. The summed E-state index contributed by atoms with van der Waals surface area (Å²) in [5.41, 5.74) is 1.37. The molecule has 0 spiro atoms. The molecule has 1 aliphatic heterocycles. The highest BCUT2D eigenvalue weighted by atomic mass is 19.2. The maximum atomic E-state index is 13.3. The molecule has 5 nitrogen and oxygen atoms in total. The zero-order chi connectivity index (χ0) is 17.1. The zero-order valence-corrected chi connectivity index (χ0v) is 13.6. The van der Waals surface area contributed by atoms with E-state index in [1.54, 1.807) is 11.1 Å². The summed E-state index contributed by atoms with van der Waals surface area (Å²) in [7, 11) is 1.92. The van der Waals surface area contributed by atoms with E-state index in [0.717, 1.165) is 38.2 Å². The Morgan fingerprint density at radius 1 is 1.12 bits per heavy atom. The second-order valence-corrected chi connectivity index (χ2v) is 5.96. The van der Waals surface area contributed by atoms with Crippen molar-refractivity contribution in [3.8, 4) is 0 Å². The van der Waals surface area contributed by atoms with Gasteiger partial charge >= 0.3 is 0 Å². The Labute approximate surface area is 139 Å². The average Bonchev–Trinajstić information content (AvgIpc) is 3.00. The van der Waals surface area contributed by atoms with Gasteiger partial charge in [0.2, 0.25) is 0 Å². The van der Waals surface area contributed by atoms with Gasteiger partial charge < -0.3 is 4.90 Å². The Morgan fingerprint density at radius 3 is 2.50 bits per heavy atom. The molecular formula is C17H20F2N4O. The third-order valence-electron chi connectivity index (χ3n) is 4.43. The monoisotopic (exact) mass is 334 g/mol. The zero-order valence-electron chi connectivity index (χ0n) is 13.6. The minimum Gasteiger partial charge on any atom is -0.336 e. The molecule has 0 bridgehead atoms. The molecule has 0 aliphatic carbocycles. The molecular weight excluding hydrogens is 314 g/mol. The highest BCUT2D eigenvalue weighted by Crippen LogP contribution is 2.13. The first-order valence-corrected chi connectivity index (χ1v) is 7.98. The van der Waals surface area contributed by atoms with E-state index < -0.39 is 11.6 Å². The van der Waals surface area contributed by atoms with Crippen molar-refractivity contribution in [2.24, 2.45) is 7.05 Å². The Balaban J connectivity index is 1.52. The van der Waals surface area contributed by atoms with Gasteiger partial charge in [0, 0.05) is 63.6 Å². The standard InChI is InChI=1S/C17H20F2N4O/c1-21-14(4-6-20-21)5-7-22-8-10-23(11-9-22)17(24)13-2-3-15(18)16(19)12-13/h2-4,6,12H,5,7-11H2,1H3. The van der Waals surface area contributed by atoms with E-state index in [9.17, 15) is 13.6 Å². The number of aromatic nitrogens is 2. The van der Waals surface area contributed by atoms with Crippen LogP contribution < -0.4 is 0 Å². The quantitative estimate of drug-likeness (QED) is 0.855. The van der Waals surface area contributed by atoms with E-state index in [2.05, 4.69) is 10.00 Å². The van der Waals surface area contributed by atoms with E-state index in [-0.39, 0.29) is 11.5 Å². The van der Waals surface area contributed by atoms with Crippen LogP contribution in [0.2, 0.25) is 0 Å². The summed E-state index contributed by atoms with van der Waals surface area (Å²) in [6.45, 7) is 3.62. The number of piperazine rings is 1. The summed E-state index contributed by atoms with van der Waals surface area (Å²) in [4.78, 5) is 16.3. The lowest BCUT2D eigenvalue weighted by Gasteiger charge is -2.34. The summed E-state index contributed by atoms with van der Waals surface area (Å²) >= 11 is 0. The van der Waals surface area contributed by atoms with Crippen molar-refractivity contribution in [2.45, 2.75) is 6.42 Å². The normalized spacial score (nSPS) is 15.7. The van der Waals surface area contributed by atoms with Crippen LogP contribution in [0, 0.1) is 11.6 Å². The van der Waals surface area contributed by atoms with Crippen LogP contribution in [-0.4, -0.2) is 58.2 Å². The molecule has 1 aromatic heterocycles. The lowest BCUT2D eigenvalue weighted by atomic mass is 10.1. The first kappa shape index (κ1) is 16.6. The Kier molecular flexibility index (Phi) is 4.89. The van der Waals surface area contributed by atoms with Crippen LogP contribution in [0.1, 0.15) is 16.1 Å². The van der Waals surface area contributed by atoms with Crippen molar-refractivity contribution >= 4 is 5.91 Å². The van der Waals surface area contributed by atoms with Crippen molar-refractivity contribution in [2.75, 3.05) is 32.7 Å². The summed E-state index contributed by atoms with van der Waals surface area (Å²) in [6, 6.07) is 5.29. The molecule has 0 saturated carbocycles. The van der Waals surface area contributed by atoms with Crippen LogP contribution in [0.4, 0.5) is 8.78 Å². The van der Waals surface area contributed by atoms with Crippen LogP contribution in [0.15, 0.2) is 30.5 Å². The number of amides is 1. The number of carbonyl (C=O) groups is 1. The number of nitrogens with zero attached hydrogens (tertiary/aromatic N) is 4. The molecule has 7 heteroatoms. The molecule has 3 rings (SSSR count). The smallest absolute Gasteiger partial charge is 0.254 e. The van der Waals surface area contributed by atoms with Gasteiger partial charge in [-0.2, -0.15) is 5.10 Å². The number of benzene rings is 1. The molecule has 2 aromatic rings. The summed E-state index contributed by atoms with van der Waals surface area (Å²) in [5.74, 6) is -2.18. The first-order valence-electron chi connectivity index (χ1n) is 7.98. The number of carbonyl (C=O) groups excluding carboxylic acids is 1. The Morgan fingerprint density at radius 2 is 1.88 bits per heavy atom. The van der Waals surface area contributed by atoms with Gasteiger partial charge in [0.25, 0.3) is 5.91 Å². The first-order chi connectivity index (χ1) is 11.5. The number of rotatable bonds is 4. The molecule has 2 heterocycles. The lowest BCUT2D eigenvalue weighted by molar-refractivity contribution is 0.0637. The fraction of sp³-hybridized carbons (Fsp3) is 0.412. The van der Waals surface area contributed by atoms with Crippen LogP contribution >= 0.6 is 0 Å². The number of hydrogen-bond donors (Lipinski definition) is 0. The summed E-state index contributed by atoms with van der Waals surface area (Å²) in [6.07, 6.45) is 2.70. The molecule has 1 aliphatic rings. The predicted octanol–water partition coefficient (Wildman–Crippen LogP) is 1.70. The molecule has 0 unspecified atom stereocenters. The molecule has 128 valence electrons. The topological polar surface area (TPSA) is 41.4 Å². The summed E-state index contributed by atoms with van der Waals surface area (Å²) in [5, 5.41) is 4.15. The van der Waals surface area contributed by atoms with Gasteiger partial charge in [-0.3, -0.25) is 14.4 Å². The van der Waals surface area contributed by atoms with Crippen molar-refractivity contribution < 1.29 is 13.6 Å². The third kappa shape index (κ3) is 3.62. The second kappa shape index (κ2) is 7.09. The minimum atomic E-state index is -0.990. The van der Waals surface area contributed by atoms with E-state index in [4.69, 9.17) is 0 Å². The Bertz CT molecular complexity index is 723. The number of aryl methyl sites for hydroxylation is 1. The maximum absolute atomic E-state index is 13.3. The van der Waals surface area contributed by atoms with Crippen molar-refractivity contribution in [3.05, 3.63) is 53.4 Å². The fourth-order valence-electron chi connectivity index (χ4n) is 2.91. The van der Waals surface area contributed by atoms with E-state index in [1.165, 1.54) is 11.8 Å². The van der Waals surface area contributed by atoms with Crippen LogP contribution in [0.5, 0.6) is 0 Å². The van der Waals surface area contributed by atoms with Gasteiger partial charge in [-0.1, -0.05) is 0 Å². The molecule has 0 radical (unpaired) electrons. The highest BCUT2D eigenvalue weighted by molar-refractivity contribution is 5.94. The van der Waals surface area contributed by atoms with Gasteiger partial charge in [0.15, 0.2) is 11.6 Å². The maximum Gasteiger partial charge on any atom is 0.254 e. The lowest BCUT2D eigenvalue weighted by Crippen LogP contribution is -2.49. The molecule has 0 atom stereocenters. The largest absolute Gasteiger partial charge is 0.336 e. The molecule has 1 aromatic carbocycles.